The monoisotopic (exact) mass is 245 g/mol. The third-order valence-corrected chi connectivity index (χ3v) is 3.00. The molecule has 0 aliphatic carbocycles. The molecule has 4 nitrogen and oxygen atoms in total. The Balaban J connectivity index is 2.28. The molecule has 0 spiro atoms. The predicted octanol–water partition coefficient (Wildman–Crippen LogP) is 1.94. The van der Waals surface area contributed by atoms with Gasteiger partial charge in [0.2, 0.25) is 0 Å². The van der Waals surface area contributed by atoms with Crippen molar-refractivity contribution >= 4 is 5.96 Å². The van der Waals surface area contributed by atoms with E-state index in [9.17, 15) is 0 Å². The summed E-state index contributed by atoms with van der Waals surface area (Å²) < 4.78 is 5.67. The van der Waals surface area contributed by atoms with Gasteiger partial charge in [0.25, 0.3) is 0 Å². The molecule has 0 amide bonds. The van der Waals surface area contributed by atoms with E-state index in [4.69, 9.17) is 10.5 Å². The highest BCUT2D eigenvalue weighted by Gasteiger charge is 2.28. The number of aliphatic imine (C=N–C) groups is 1. The second kappa shape index (κ2) is 5.58. The molecule has 1 unspecified atom stereocenters. The minimum absolute atomic E-state index is 0.144. The van der Waals surface area contributed by atoms with Gasteiger partial charge in [0, 0.05) is 12.1 Å². The molecule has 1 atom stereocenters. The maximum absolute atomic E-state index is 5.90. The summed E-state index contributed by atoms with van der Waals surface area (Å²) in [6, 6.07) is 8.19. The van der Waals surface area contributed by atoms with Gasteiger partial charge in [-0.25, -0.2) is 0 Å². The molecule has 1 aromatic rings. The van der Waals surface area contributed by atoms with E-state index >= 15 is 0 Å². The number of benzene rings is 1. The number of guanidine groups is 1. The molecule has 0 aromatic heterocycles. The topological polar surface area (TPSA) is 50.8 Å². The van der Waals surface area contributed by atoms with Crippen LogP contribution in [0.25, 0.3) is 0 Å². The lowest BCUT2D eigenvalue weighted by Crippen LogP contribution is -2.36. The lowest BCUT2D eigenvalue weighted by Gasteiger charge is -2.26. The number of hydrogen-bond acceptors (Lipinski definition) is 4. The normalized spacial score (nSPS) is 18.6. The number of ether oxygens (including phenoxy) is 1. The van der Waals surface area contributed by atoms with E-state index in [1.165, 1.54) is 0 Å². The largest absolute Gasteiger partial charge is 0.494 e. The van der Waals surface area contributed by atoms with E-state index in [-0.39, 0.29) is 6.04 Å². The summed E-state index contributed by atoms with van der Waals surface area (Å²) in [5.74, 6) is 1.48. The summed E-state index contributed by atoms with van der Waals surface area (Å²) >= 11 is 0. The molecule has 2 rings (SSSR count). The Labute approximate surface area is 108 Å². The Bertz CT molecular complexity index is 456. The van der Waals surface area contributed by atoms with Crippen LogP contribution in [0.15, 0.2) is 41.9 Å². The second-order valence-corrected chi connectivity index (χ2v) is 4.13. The Morgan fingerprint density at radius 1 is 1.56 bits per heavy atom. The van der Waals surface area contributed by atoms with Crippen molar-refractivity contribution in [3.63, 3.8) is 0 Å². The van der Waals surface area contributed by atoms with Crippen LogP contribution in [0, 0.1) is 0 Å². The zero-order chi connectivity index (χ0) is 13.0. The molecule has 1 heterocycles. The van der Waals surface area contributed by atoms with Gasteiger partial charge in [0.15, 0.2) is 5.96 Å². The number of nitrogens with two attached hydrogens (primary N) is 1. The van der Waals surface area contributed by atoms with Crippen LogP contribution in [-0.2, 0) is 0 Å². The summed E-state index contributed by atoms with van der Waals surface area (Å²) in [5, 5.41) is 0. The van der Waals surface area contributed by atoms with E-state index in [2.05, 4.69) is 17.6 Å². The van der Waals surface area contributed by atoms with Gasteiger partial charge < -0.3 is 15.4 Å². The highest BCUT2D eigenvalue weighted by Crippen LogP contribution is 2.32. The zero-order valence-corrected chi connectivity index (χ0v) is 10.7. The summed E-state index contributed by atoms with van der Waals surface area (Å²) in [7, 11) is 0. The fraction of sp³-hybridized carbons (Fsp3) is 0.357. The standard InChI is InChI=1S/C14H19N3O/c1-3-9-17-12(10-16-14(17)15)11-7-5-6-8-13(11)18-4-2/h3,5-8,12H,1,4,9-10H2,2H3,(H2,15,16). The smallest absolute Gasteiger partial charge is 0.192 e. The Hall–Kier alpha value is -1.97. The van der Waals surface area contributed by atoms with Gasteiger partial charge in [-0.05, 0) is 13.0 Å². The zero-order valence-electron chi connectivity index (χ0n) is 10.7. The number of nitrogens with zero attached hydrogens (tertiary/aromatic N) is 2. The fourth-order valence-electron chi connectivity index (χ4n) is 2.20. The fourth-order valence-corrected chi connectivity index (χ4v) is 2.20. The van der Waals surface area contributed by atoms with Crippen LogP contribution in [-0.4, -0.2) is 30.6 Å². The maximum atomic E-state index is 5.90. The molecular weight excluding hydrogens is 226 g/mol. The Morgan fingerprint density at radius 3 is 3.06 bits per heavy atom. The first kappa shape index (κ1) is 12.5. The maximum Gasteiger partial charge on any atom is 0.192 e. The molecule has 4 heteroatoms. The molecule has 0 bridgehead atoms. The second-order valence-electron chi connectivity index (χ2n) is 4.13. The summed E-state index contributed by atoms with van der Waals surface area (Å²) in [5.41, 5.74) is 7.03. The van der Waals surface area contributed by atoms with Gasteiger partial charge in [-0.3, -0.25) is 4.99 Å². The number of para-hydroxylation sites is 1. The first-order chi connectivity index (χ1) is 8.77. The minimum Gasteiger partial charge on any atom is -0.494 e. The van der Waals surface area contributed by atoms with Crippen LogP contribution >= 0.6 is 0 Å². The predicted molar refractivity (Wildman–Crippen MR) is 73.7 cm³/mol. The van der Waals surface area contributed by atoms with Crippen molar-refractivity contribution in [3.05, 3.63) is 42.5 Å². The first-order valence-corrected chi connectivity index (χ1v) is 6.17. The average molecular weight is 245 g/mol. The van der Waals surface area contributed by atoms with E-state index in [0.29, 0.717) is 25.7 Å². The van der Waals surface area contributed by atoms with Crippen molar-refractivity contribution in [3.8, 4) is 5.75 Å². The SMILES string of the molecule is C=CCN1C(N)=NCC1c1ccccc1OCC. The molecule has 0 fully saturated rings. The van der Waals surface area contributed by atoms with Crippen molar-refractivity contribution in [1.29, 1.82) is 0 Å². The lowest BCUT2D eigenvalue weighted by molar-refractivity contribution is 0.317. The Kier molecular flexibility index (Phi) is 3.87. The molecule has 0 saturated heterocycles. The molecule has 18 heavy (non-hydrogen) atoms. The van der Waals surface area contributed by atoms with Gasteiger partial charge in [-0.15, -0.1) is 6.58 Å². The molecule has 0 radical (unpaired) electrons. The van der Waals surface area contributed by atoms with Crippen LogP contribution in [0.5, 0.6) is 5.75 Å². The van der Waals surface area contributed by atoms with Gasteiger partial charge in [0.1, 0.15) is 5.75 Å². The third kappa shape index (κ3) is 2.32. The number of hydrogen-bond donors (Lipinski definition) is 1. The molecule has 1 aliphatic heterocycles. The van der Waals surface area contributed by atoms with E-state index in [1.54, 1.807) is 0 Å². The molecule has 1 aliphatic rings. The highest BCUT2D eigenvalue weighted by molar-refractivity contribution is 5.80. The van der Waals surface area contributed by atoms with E-state index in [0.717, 1.165) is 11.3 Å². The lowest BCUT2D eigenvalue weighted by atomic mass is 10.1. The highest BCUT2D eigenvalue weighted by atomic mass is 16.5. The average Bonchev–Trinajstić information content (AvgIpc) is 2.73. The van der Waals surface area contributed by atoms with Crippen molar-refractivity contribution in [1.82, 2.24) is 4.90 Å². The minimum atomic E-state index is 0.144. The molecule has 1 aromatic carbocycles. The Morgan fingerprint density at radius 2 is 2.33 bits per heavy atom. The van der Waals surface area contributed by atoms with Crippen LogP contribution in [0.1, 0.15) is 18.5 Å². The van der Waals surface area contributed by atoms with Gasteiger partial charge in [0.05, 0.1) is 19.2 Å². The van der Waals surface area contributed by atoms with E-state index < -0.39 is 0 Å². The molecular formula is C14H19N3O. The number of rotatable bonds is 5. The van der Waals surface area contributed by atoms with Crippen LogP contribution in [0.4, 0.5) is 0 Å². The van der Waals surface area contributed by atoms with Crippen molar-refractivity contribution < 1.29 is 4.74 Å². The molecule has 2 N–H and O–H groups in total. The molecule has 96 valence electrons. The third-order valence-electron chi connectivity index (χ3n) is 3.00. The quantitative estimate of drug-likeness (QED) is 0.807. The van der Waals surface area contributed by atoms with Gasteiger partial charge in [-0.1, -0.05) is 24.3 Å². The van der Waals surface area contributed by atoms with Gasteiger partial charge in [-0.2, -0.15) is 0 Å². The van der Waals surface area contributed by atoms with Crippen molar-refractivity contribution in [2.75, 3.05) is 19.7 Å². The van der Waals surface area contributed by atoms with Crippen LogP contribution in [0.2, 0.25) is 0 Å². The summed E-state index contributed by atoms with van der Waals surface area (Å²) in [6.45, 7) is 7.77. The first-order valence-electron chi connectivity index (χ1n) is 6.17. The van der Waals surface area contributed by atoms with Crippen LogP contribution in [0.3, 0.4) is 0 Å². The van der Waals surface area contributed by atoms with Crippen molar-refractivity contribution in [2.24, 2.45) is 10.7 Å². The summed E-state index contributed by atoms with van der Waals surface area (Å²) in [4.78, 5) is 6.36. The van der Waals surface area contributed by atoms with E-state index in [1.807, 2.05) is 36.1 Å². The summed E-state index contributed by atoms with van der Waals surface area (Å²) in [6.07, 6.45) is 1.84. The molecule has 0 saturated carbocycles. The van der Waals surface area contributed by atoms with Gasteiger partial charge >= 0.3 is 0 Å². The van der Waals surface area contributed by atoms with Crippen LogP contribution < -0.4 is 10.5 Å². The van der Waals surface area contributed by atoms with Crippen molar-refractivity contribution in [2.45, 2.75) is 13.0 Å².